The second kappa shape index (κ2) is 54.0. The first kappa shape index (κ1) is 69.6. The lowest BCUT2D eigenvalue weighted by Gasteiger charge is -2.40. The largest absolute Gasteiger partial charge is 0.394 e. The smallest absolute Gasteiger partial charge is 0.220 e. The van der Waals surface area contributed by atoms with E-state index in [4.69, 9.17) is 9.47 Å². The molecule has 1 fully saturated rings. The summed E-state index contributed by atoms with van der Waals surface area (Å²) in [6, 6.07) is -0.817. The topological polar surface area (TPSA) is 149 Å². The predicted octanol–water partition coefficient (Wildman–Crippen LogP) is 16.0. The molecule has 0 aliphatic carbocycles. The first-order chi connectivity index (χ1) is 36.3. The van der Waals surface area contributed by atoms with Crippen LogP contribution in [0.3, 0.4) is 0 Å². The van der Waals surface area contributed by atoms with Gasteiger partial charge in [-0.05, 0) is 64.2 Å². The highest BCUT2D eigenvalue weighted by atomic mass is 16.7. The minimum absolute atomic E-state index is 0.188. The van der Waals surface area contributed by atoms with Gasteiger partial charge in [0, 0.05) is 6.42 Å². The average molecular weight is 1040 g/mol. The summed E-state index contributed by atoms with van der Waals surface area (Å²) in [7, 11) is 0. The summed E-state index contributed by atoms with van der Waals surface area (Å²) in [4.78, 5) is 13.1. The van der Waals surface area contributed by atoms with Crippen LogP contribution in [0.15, 0.2) is 72.9 Å². The third kappa shape index (κ3) is 42.7. The average Bonchev–Trinajstić information content (AvgIpc) is 3.40. The van der Waals surface area contributed by atoms with Gasteiger partial charge in [0.15, 0.2) is 6.29 Å². The monoisotopic (exact) mass is 1040 g/mol. The maximum Gasteiger partial charge on any atom is 0.220 e. The number of carbonyl (C=O) groups is 1. The molecule has 1 heterocycles. The fourth-order valence-corrected chi connectivity index (χ4v) is 9.66. The zero-order valence-electron chi connectivity index (χ0n) is 47.8. The molecule has 7 unspecified atom stereocenters. The van der Waals surface area contributed by atoms with Gasteiger partial charge in [-0.25, -0.2) is 0 Å². The molecule has 9 nitrogen and oxygen atoms in total. The molecule has 9 heteroatoms. The fourth-order valence-electron chi connectivity index (χ4n) is 9.66. The number of allylic oxidation sites excluding steroid dienone is 11. The Balaban J connectivity index is 2.21. The molecule has 0 aromatic heterocycles. The van der Waals surface area contributed by atoms with Crippen molar-refractivity contribution in [3.63, 3.8) is 0 Å². The van der Waals surface area contributed by atoms with Gasteiger partial charge in [-0.2, -0.15) is 0 Å². The molecule has 0 saturated carbocycles. The highest BCUT2D eigenvalue weighted by Gasteiger charge is 2.44. The van der Waals surface area contributed by atoms with E-state index in [0.717, 1.165) is 83.5 Å². The summed E-state index contributed by atoms with van der Waals surface area (Å²) in [6.07, 6.45) is 68.3. The lowest BCUT2D eigenvalue weighted by Crippen LogP contribution is -2.60. The second-order valence-corrected chi connectivity index (χ2v) is 21.5. The van der Waals surface area contributed by atoms with Crippen LogP contribution >= 0.6 is 0 Å². The van der Waals surface area contributed by atoms with E-state index in [1.165, 1.54) is 173 Å². The standard InChI is InChI=1S/C65H117NO8/c1-3-5-7-9-11-13-15-17-19-21-23-25-27-28-29-30-31-33-34-36-38-40-42-44-46-48-50-52-54-59(68)58(57-73-65-64(72)63(71)62(70)60(56-67)74-65)66-61(69)55-53-51-49-47-45-43-41-39-37-35-32-26-24-22-20-18-16-14-12-10-8-6-4-2/h6,8,12,14,18,20,24,26,35,37,52,54,58-60,62-65,67-68,70-72H,3-5,7,9-11,13,15-17,19,21-23,25,27-34,36,38-51,53,55-57H2,1-2H3,(H,66,69)/b8-6-,14-12-,20-18-,26-24-,37-35-,54-52+. The molecule has 1 aliphatic rings. The lowest BCUT2D eigenvalue weighted by molar-refractivity contribution is -0.302. The van der Waals surface area contributed by atoms with Gasteiger partial charge in [0.1, 0.15) is 24.4 Å². The Morgan fingerprint density at radius 1 is 0.473 bits per heavy atom. The molecule has 1 rings (SSSR count). The van der Waals surface area contributed by atoms with Crippen molar-refractivity contribution in [1.29, 1.82) is 0 Å². The van der Waals surface area contributed by atoms with Crippen LogP contribution in [0.4, 0.5) is 0 Å². The third-order valence-electron chi connectivity index (χ3n) is 14.5. The van der Waals surface area contributed by atoms with Gasteiger partial charge in [0.25, 0.3) is 0 Å². The molecule has 0 radical (unpaired) electrons. The van der Waals surface area contributed by atoms with Gasteiger partial charge in [-0.15, -0.1) is 0 Å². The summed E-state index contributed by atoms with van der Waals surface area (Å²) in [6.45, 7) is 3.68. The van der Waals surface area contributed by atoms with Crippen molar-refractivity contribution >= 4 is 5.91 Å². The van der Waals surface area contributed by atoms with E-state index in [9.17, 15) is 30.3 Å². The molecule has 0 spiro atoms. The number of hydrogen-bond donors (Lipinski definition) is 6. The van der Waals surface area contributed by atoms with Crippen LogP contribution in [0, 0.1) is 0 Å². The van der Waals surface area contributed by atoms with Crippen molar-refractivity contribution < 1.29 is 39.8 Å². The van der Waals surface area contributed by atoms with Gasteiger partial charge in [0.05, 0.1) is 25.4 Å². The van der Waals surface area contributed by atoms with E-state index in [0.29, 0.717) is 6.42 Å². The first-order valence-corrected chi connectivity index (χ1v) is 31.2. The minimum Gasteiger partial charge on any atom is -0.394 e. The Kier molecular flexibility index (Phi) is 50.8. The molecule has 6 N–H and O–H groups in total. The van der Waals surface area contributed by atoms with Crippen LogP contribution < -0.4 is 5.32 Å². The van der Waals surface area contributed by atoms with E-state index in [2.05, 4.69) is 79.9 Å². The maximum absolute atomic E-state index is 13.1. The molecule has 1 aliphatic heterocycles. The number of hydrogen-bond acceptors (Lipinski definition) is 8. The number of nitrogens with one attached hydrogen (secondary N) is 1. The molecule has 1 amide bonds. The Bertz CT molecular complexity index is 1390. The van der Waals surface area contributed by atoms with Crippen molar-refractivity contribution in [3.8, 4) is 0 Å². The summed E-state index contributed by atoms with van der Waals surface area (Å²) >= 11 is 0. The number of unbranched alkanes of at least 4 members (excludes halogenated alkanes) is 33. The fraction of sp³-hybridized carbons (Fsp3) is 0.800. The van der Waals surface area contributed by atoms with Crippen molar-refractivity contribution in [2.45, 2.75) is 320 Å². The van der Waals surface area contributed by atoms with E-state index >= 15 is 0 Å². The van der Waals surface area contributed by atoms with Crippen molar-refractivity contribution in [2.75, 3.05) is 13.2 Å². The number of aliphatic hydroxyl groups excluding tert-OH is 5. The predicted molar refractivity (Wildman–Crippen MR) is 313 cm³/mol. The van der Waals surface area contributed by atoms with Crippen molar-refractivity contribution in [3.05, 3.63) is 72.9 Å². The van der Waals surface area contributed by atoms with Crippen LogP contribution in [0.5, 0.6) is 0 Å². The summed E-state index contributed by atoms with van der Waals surface area (Å²) < 4.78 is 11.3. The molecular weight excluding hydrogens is 923 g/mol. The number of ether oxygens (including phenoxy) is 2. The maximum atomic E-state index is 13.1. The highest BCUT2D eigenvalue weighted by molar-refractivity contribution is 5.76. The van der Waals surface area contributed by atoms with E-state index < -0.39 is 49.5 Å². The van der Waals surface area contributed by atoms with Gasteiger partial charge in [-0.3, -0.25) is 4.79 Å². The minimum atomic E-state index is -1.57. The van der Waals surface area contributed by atoms with Crippen LogP contribution in [-0.2, 0) is 14.3 Å². The zero-order chi connectivity index (χ0) is 53.6. The number of aliphatic hydroxyl groups is 5. The molecule has 74 heavy (non-hydrogen) atoms. The van der Waals surface area contributed by atoms with Gasteiger partial charge in [-0.1, -0.05) is 279 Å². The lowest BCUT2D eigenvalue weighted by atomic mass is 9.99. The first-order valence-electron chi connectivity index (χ1n) is 31.2. The molecule has 7 atom stereocenters. The Hall–Kier alpha value is -2.37. The molecule has 0 aromatic rings. The molecule has 0 bridgehead atoms. The second-order valence-electron chi connectivity index (χ2n) is 21.5. The molecule has 1 saturated heterocycles. The van der Waals surface area contributed by atoms with E-state index in [1.807, 2.05) is 6.08 Å². The van der Waals surface area contributed by atoms with Crippen LogP contribution in [0.1, 0.15) is 277 Å². The summed E-state index contributed by atoms with van der Waals surface area (Å²) in [5, 5.41) is 54.6. The van der Waals surface area contributed by atoms with E-state index in [-0.39, 0.29) is 12.5 Å². The number of carbonyl (C=O) groups excluding carboxylic acids is 1. The van der Waals surface area contributed by atoms with Crippen molar-refractivity contribution in [2.24, 2.45) is 0 Å². The Morgan fingerprint density at radius 2 is 0.838 bits per heavy atom. The van der Waals surface area contributed by atoms with E-state index in [1.54, 1.807) is 6.08 Å². The summed E-state index contributed by atoms with van der Waals surface area (Å²) in [5.41, 5.74) is 0. The van der Waals surface area contributed by atoms with Gasteiger partial charge < -0.3 is 40.3 Å². The van der Waals surface area contributed by atoms with Crippen LogP contribution in [-0.4, -0.2) is 87.5 Å². The van der Waals surface area contributed by atoms with Crippen LogP contribution in [0.25, 0.3) is 0 Å². The Morgan fingerprint density at radius 3 is 1.24 bits per heavy atom. The third-order valence-corrected chi connectivity index (χ3v) is 14.5. The van der Waals surface area contributed by atoms with Gasteiger partial charge >= 0.3 is 0 Å². The Labute approximate surface area is 455 Å². The normalized spacial score (nSPS) is 19.5. The quantitative estimate of drug-likeness (QED) is 0.0261. The summed E-state index contributed by atoms with van der Waals surface area (Å²) in [5.74, 6) is -0.188. The molecular formula is C65H117NO8. The molecule has 430 valence electrons. The SMILES string of the molecule is CC/C=C\C/C=C\C/C=C\C/C=C\C/C=C\CCCCCCCCCC(=O)NC(COC1OC(CO)C(O)C(O)C1O)C(O)/C=C/CCCCCCCCCCCCCCCCCCCCCCCCCCCC. The highest BCUT2D eigenvalue weighted by Crippen LogP contribution is 2.23. The number of rotatable bonds is 53. The van der Waals surface area contributed by atoms with Crippen molar-refractivity contribution in [1.82, 2.24) is 5.32 Å². The van der Waals surface area contributed by atoms with Gasteiger partial charge in [0.2, 0.25) is 5.91 Å². The zero-order valence-corrected chi connectivity index (χ0v) is 47.8. The number of amides is 1. The molecule has 0 aromatic carbocycles. The van der Waals surface area contributed by atoms with Crippen LogP contribution in [0.2, 0.25) is 0 Å².